The van der Waals surface area contributed by atoms with Crippen LogP contribution in [0.25, 0.3) is 0 Å². The van der Waals surface area contributed by atoms with Crippen molar-refractivity contribution in [2.75, 3.05) is 13.2 Å². The van der Waals surface area contributed by atoms with Crippen LogP contribution in [0.4, 0.5) is 10.1 Å². The second kappa shape index (κ2) is 7.72. The van der Waals surface area contributed by atoms with Crippen molar-refractivity contribution in [3.05, 3.63) is 70.0 Å². The first-order valence-corrected chi connectivity index (χ1v) is 6.43. The molecule has 2 aromatic carbocycles. The summed E-state index contributed by atoms with van der Waals surface area (Å²) in [7, 11) is 0. The lowest BCUT2D eigenvalue weighted by Crippen LogP contribution is -2.04. The Morgan fingerprint density at radius 1 is 1.18 bits per heavy atom. The minimum Gasteiger partial charge on any atom is -0.490 e. The minimum absolute atomic E-state index is 0.0106. The summed E-state index contributed by atoms with van der Waals surface area (Å²) in [5, 5.41) is 14.3. The number of hydrogen-bond donors (Lipinski definition) is 0. The Morgan fingerprint density at radius 3 is 2.68 bits per heavy atom. The molecule has 0 unspecified atom stereocenters. The molecule has 0 heterocycles. The highest BCUT2D eigenvalue weighted by Gasteiger charge is 2.03. The molecule has 0 aromatic heterocycles. The van der Waals surface area contributed by atoms with Crippen molar-refractivity contribution in [1.82, 2.24) is 0 Å². The highest BCUT2D eigenvalue weighted by Crippen LogP contribution is 2.12. The first-order valence-electron chi connectivity index (χ1n) is 6.43. The molecule has 0 aliphatic carbocycles. The normalized spacial score (nSPS) is 10.6. The predicted octanol–water partition coefficient (Wildman–Crippen LogP) is 3.16. The number of benzene rings is 2. The maximum Gasteiger partial charge on any atom is 0.270 e. The van der Waals surface area contributed by atoms with Gasteiger partial charge >= 0.3 is 0 Å². The molecule has 0 fully saturated rings. The summed E-state index contributed by atoms with van der Waals surface area (Å²) in [4.78, 5) is 15.1. The van der Waals surface area contributed by atoms with E-state index in [1.807, 2.05) is 0 Å². The molecule has 0 saturated heterocycles. The van der Waals surface area contributed by atoms with Gasteiger partial charge in [-0.1, -0.05) is 17.3 Å². The fourth-order valence-corrected chi connectivity index (χ4v) is 1.60. The van der Waals surface area contributed by atoms with Gasteiger partial charge < -0.3 is 9.57 Å². The fourth-order valence-electron chi connectivity index (χ4n) is 1.60. The van der Waals surface area contributed by atoms with E-state index in [1.165, 1.54) is 42.6 Å². The van der Waals surface area contributed by atoms with Crippen molar-refractivity contribution in [3.63, 3.8) is 0 Å². The highest BCUT2D eigenvalue weighted by molar-refractivity contribution is 5.80. The van der Waals surface area contributed by atoms with Crippen LogP contribution >= 0.6 is 0 Å². The summed E-state index contributed by atoms with van der Waals surface area (Å²) in [6.45, 7) is 0.445. The SMILES string of the molecule is O=[N+]([O-])c1cccc(/C=N\OCCOc2ccc(F)cc2)c1. The molecule has 0 bridgehead atoms. The molecule has 0 aliphatic rings. The van der Waals surface area contributed by atoms with Gasteiger partial charge in [0.05, 0.1) is 11.1 Å². The Morgan fingerprint density at radius 2 is 1.95 bits per heavy atom. The summed E-state index contributed by atoms with van der Waals surface area (Å²) < 4.78 is 18.0. The first-order chi connectivity index (χ1) is 10.6. The Balaban J connectivity index is 1.73. The summed E-state index contributed by atoms with van der Waals surface area (Å²) in [6, 6.07) is 11.7. The summed E-state index contributed by atoms with van der Waals surface area (Å²) >= 11 is 0. The maximum atomic E-state index is 12.7. The van der Waals surface area contributed by atoms with Crippen LogP contribution < -0.4 is 4.74 Å². The lowest BCUT2D eigenvalue weighted by atomic mass is 10.2. The number of halogens is 1. The van der Waals surface area contributed by atoms with Gasteiger partial charge in [0.25, 0.3) is 5.69 Å². The van der Waals surface area contributed by atoms with E-state index in [0.29, 0.717) is 11.3 Å². The van der Waals surface area contributed by atoms with Gasteiger partial charge in [0, 0.05) is 17.7 Å². The van der Waals surface area contributed by atoms with Crippen molar-refractivity contribution in [2.24, 2.45) is 5.16 Å². The van der Waals surface area contributed by atoms with Gasteiger partial charge in [-0.15, -0.1) is 0 Å². The third-order valence-corrected chi connectivity index (χ3v) is 2.61. The van der Waals surface area contributed by atoms with Crippen LogP contribution in [-0.4, -0.2) is 24.4 Å². The molecule has 22 heavy (non-hydrogen) atoms. The Bertz CT molecular complexity index is 659. The third-order valence-electron chi connectivity index (χ3n) is 2.61. The lowest BCUT2D eigenvalue weighted by Gasteiger charge is -2.04. The topological polar surface area (TPSA) is 74.0 Å². The van der Waals surface area contributed by atoms with E-state index in [2.05, 4.69) is 5.16 Å². The van der Waals surface area contributed by atoms with Crippen molar-refractivity contribution in [3.8, 4) is 5.75 Å². The molecule has 0 aliphatic heterocycles. The van der Waals surface area contributed by atoms with Crippen LogP contribution in [0.15, 0.2) is 53.7 Å². The molecule has 7 heteroatoms. The molecule has 0 N–H and O–H groups in total. The second-order valence-corrected chi connectivity index (χ2v) is 4.22. The van der Waals surface area contributed by atoms with Gasteiger partial charge in [0.1, 0.15) is 18.2 Å². The number of rotatable bonds is 7. The average Bonchev–Trinajstić information content (AvgIpc) is 2.52. The molecular formula is C15H13FN2O4. The van der Waals surface area contributed by atoms with E-state index in [-0.39, 0.29) is 24.7 Å². The quantitative estimate of drug-likeness (QED) is 0.341. The van der Waals surface area contributed by atoms with Gasteiger partial charge in [0.2, 0.25) is 0 Å². The van der Waals surface area contributed by atoms with Crippen molar-refractivity contribution < 1.29 is 18.9 Å². The standard InChI is InChI=1S/C15H13FN2O4/c16-13-4-6-15(7-5-13)21-8-9-22-17-11-12-2-1-3-14(10-12)18(19)20/h1-7,10-11H,8-9H2/b17-11-. The third kappa shape index (κ3) is 4.86. The van der Waals surface area contributed by atoms with Gasteiger partial charge in [0.15, 0.2) is 6.61 Å². The lowest BCUT2D eigenvalue weighted by molar-refractivity contribution is -0.384. The zero-order valence-electron chi connectivity index (χ0n) is 11.5. The summed E-state index contributed by atoms with van der Waals surface area (Å²) in [5.41, 5.74) is 0.553. The monoisotopic (exact) mass is 304 g/mol. The van der Waals surface area contributed by atoms with E-state index in [4.69, 9.17) is 9.57 Å². The van der Waals surface area contributed by atoms with Crippen molar-refractivity contribution in [1.29, 1.82) is 0 Å². The maximum absolute atomic E-state index is 12.7. The van der Waals surface area contributed by atoms with Gasteiger partial charge in [-0.05, 0) is 24.3 Å². The largest absolute Gasteiger partial charge is 0.490 e. The Hall–Kier alpha value is -2.96. The van der Waals surface area contributed by atoms with E-state index >= 15 is 0 Å². The molecule has 0 atom stereocenters. The van der Waals surface area contributed by atoms with Gasteiger partial charge in [-0.25, -0.2) is 4.39 Å². The summed E-state index contributed by atoms with van der Waals surface area (Å²) in [5.74, 6) is 0.206. The number of hydrogen-bond acceptors (Lipinski definition) is 5. The number of nitro benzene ring substituents is 1. The summed E-state index contributed by atoms with van der Waals surface area (Å²) in [6.07, 6.45) is 1.38. The molecule has 0 saturated carbocycles. The van der Waals surface area contributed by atoms with Crippen LogP contribution in [0.5, 0.6) is 5.75 Å². The predicted molar refractivity (Wildman–Crippen MR) is 78.5 cm³/mol. The van der Waals surface area contributed by atoms with Crippen LogP contribution in [0.3, 0.4) is 0 Å². The molecule has 114 valence electrons. The van der Waals surface area contributed by atoms with Crippen molar-refractivity contribution in [2.45, 2.75) is 0 Å². The first kappa shape index (κ1) is 15.4. The van der Waals surface area contributed by atoms with Crippen LogP contribution in [0.1, 0.15) is 5.56 Å². The van der Waals surface area contributed by atoms with E-state index in [0.717, 1.165) is 0 Å². The van der Waals surface area contributed by atoms with Crippen LogP contribution in [-0.2, 0) is 4.84 Å². The van der Waals surface area contributed by atoms with E-state index in [9.17, 15) is 14.5 Å². The van der Waals surface area contributed by atoms with Crippen LogP contribution in [0, 0.1) is 15.9 Å². The molecule has 0 spiro atoms. The number of ether oxygens (including phenoxy) is 1. The molecule has 2 rings (SSSR count). The zero-order valence-corrected chi connectivity index (χ0v) is 11.5. The molecule has 2 aromatic rings. The number of oxime groups is 1. The fraction of sp³-hybridized carbons (Fsp3) is 0.133. The van der Waals surface area contributed by atoms with E-state index < -0.39 is 4.92 Å². The average molecular weight is 304 g/mol. The van der Waals surface area contributed by atoms with E-state index in [1.54, 1.807) is 12.1 Å². The Kier molecular flexibility index (Phi) is 5.42. The zero-order chi connectivity index (χ0) is 15.8. The number of nitrogens with zero attached hydrogens (tertiary/aromatic N) is 2. The van der Waals surface area contributed by atoms with Crippen LogP contribution in [0.2, 0.25) is 0 Å². The molecular weight excluding hydrogens is 291 g/mol. The van der Waals surface area contributed by atoms with Gasteiger partial charge in [-0.3, -0.25) is 10.1 Å². The molecule has 0 radical (unpaired) electrons. The van der Waals surface area contributed by atoms with Crippen molar-refractivity contribution >= 4 is 11.9 Å². The second-order valence-electron chi connectivity index (χ2n) is 4.22. The Labute approximate surface area is 125 Å². The molecule has 6 nitrogen and oxygen atoms in total. The van der Waals surface area contributed by atoms with Gasteiger partial charge in [-0.2, -0.15) is 0 Å². The number of non-ortho nitro benzene ring substituents is 1. The smallest absolute Gasteiger partial charge is 0.270 e. The number of nitro groups is 1. The minimum atomic E-state index is -0.477. The highest BCUT2D eigenvalue weighted by atomic mass is 19.1. The molecule has 0 amide bonds.